The molecule has 0 spiro atoms. The highest BCUT2D eigenvalue weighted by molar-refractivity contribution is 6.30. The van der Waals surface area contributed by atoms with Gasteiger partial charge in [-0.2, -0.15) is 0 Å². The second-order valence-electron chi connectivity index (χ2n) is 5.93. The molecule has 1 saturated carbocycles. The molecule has 3 atom stereocenters. The summed E-state index contributed by atoms with van der Waals surface area (Å²) in [5.41, 5.74) is 0.384. The fraction of sp³-hybridized carbons (Fsp3) is 0.529. The normalized spacial score (nSPS) is 22.7. The predicted molar refractivity (Wildman–Crippen MR) is 85.9 cm³/mol. The van der Waals surface area contributed by atoms with E-state index < -0.39 is 12.1 Å². The Labute approximate surface area is 136 Å². The third-order valence-corrected chi connectivity index (χ3v) is 4.42. The van der Waals surface area contributed by atoms with Gasteiger partial charge in [0.05, 0.1) is 5.56 Å². The number of carbonyl (C=O) groups is 2. The van der Waals surface area contributed by atoms with Gasteiger partial charge in [0, 0.05) is 11.1 Å². The van der Waals surface area contributed by atoms with Crippen molar-refractivity contribution in [3.63, 3.8) is 0 Å². The maximum Gasteiger partial charge on any atom is 0.338 e. The third-order valence-electron chi connectivity index (χ3n) is 4.17. The summed E-state index contributed by atoms with van der Waals surface area (Å²) in [5, 5.41) is 3.55. The molecule has 1 N–H and O–H groups in total. The number of halogens is 1. The van der Waals surface area contributed by atoms with Gasteiger partial charge in [0.1, 0.15) is 0 Å². The first kappa shape index (κ1) is 16.8. The number of ether oxygens (including phenoxy) is 1. The molecule has 0 radical (unpaired) electrons. The molecule has 22 heavy (non-hydrogen) atoms. The second kappa shape index (κ2) is 7.63. The Balaban J connectivity index is 1.87. The van der Waals surface area contributed by atoms with Crippen molar-refractivity contribution >= 4 is 23.5 Å². The van der Waals surface area contributed by atoms with E-state index >= 15 is 0 Å². The van der Waals surface area contributed by atoms with Gasteiger partial charge < -0.3 is 10.1 Å². The minimum absolute atomic E-state index is 0.179. The van der Waals surface area contributed by atoms with Crippen LogP contribution in [0.25, 0.3) is 0 Å². The summed E-state index contributed by atoms with van der Waals surface area (Å²) in [5.74, 6) is -0.283. The number of amides is 1. The number of benzene rings is 1. The molecule has 0 aromatic heterocycles. The molecular weight excluding hydrogens is 302 g/mol. The van der Waals surface area contributed by atoms with E-state index in [1.165, 1.54) is 6.42 Å². The Kier molecular flexibility index (Phi) is 5.83. The summed E-state index contributed by atoms with van der Waals surface area (Å²) >= 11 is 5.78. The lowest BCUT2D eigenvalue weighted by molar-refractivity contribution is -0.130. The number of nitrogens with one attached hydrogen (secondary N) is 1. The first-order chi connectivity index (χ1) is 10.5. The lowest BCUT2D eigenvalue weighted by atomic mass is 9.86. The number of esters is 1. The molecule has 1 amide bonds. The molecule has 120 valence electrons. The van der Waals surface area contributed by atoms with Gasteiger partial charge in [0.25, 0.3) is 5.91 Å². The molecule has 0 aliphatic heterocycles. The SMILES string of the molecule is CC(OC(=O)c1ccc(Cl)cc1)C(=O)NC1CCCCC1C. The van der Waals surface area contributed by atoms with E-state index in [0.717, 1.165) is 19.3 Å². The highest BCUT2D eigenvalue weighted by Crippen LogP contribution is 2.23. The minimum atomic E-state index is -0.808. The largest absolute Gasteiger partial charge is 0.449 e. The van der Waals surface area contributed by atoms with Crippen LogP contribution in [0.1, 0.15) is 49.9 Å². The molecule has 1 aromatic rings. The van der Waals surface area contributed by atoms with Gasteiger partial charge in [-0.15, -0.1) is 0 Å². The van der Waals surface area contributed by atoms with Crippen LogP contribution in [0.15, 0.2) is 24.3 Å². The average Bonchev–Trinajstić information content (AvgIpc) is 2.50. The average molecular weight is 324 g/mol. The smallest absolute Gasteiger partial charge is 0.338 e. The van der Waals surface area contributed by atoms with Crippen LogP contribution >= 0.6 is 11.6 Å². The van der Waals surface area contributed by atoms with Crippen LogP contribution in [0.5, 0.6) is 0 Å². The van der Waals surface area contributed by atoms with E-state index in [2.05, 4.69) is 12.2 Å². The molecule has 3 unspecified atom stereocenters. The highest BCUT2D eigenvalue weighted by atomic mass is 35.5. The predicted octanol–water partition coefficient (Wildman–Crippen LogP) is 3.58. The summed E-state index contributed by atoms with van der Waals surface area (Å²) in [6.45, 7) is 3.74. The zero-order valence-electron chi connectivity index (χ0n) is 13.0. The van der Waals surface area contributed by atoms with Crippen molar-refractivity contribution in [2.75, 3.05) is 0 Å². The quantitative estimate of drug-likeness (QED) is 0.862. The molecule has 0 heterocycles. The molecule has 5 heteroatoms. The van der Waals surface area contributed by atoms with E-state index in [-0.39, 0.29) is 11.9 Å². The summed E-state index contributed by atoms with van der Waals surface area (Å²) in [7, 11) is 0. The monoisotopic (exact) mass is 323 g/mol. The highest BCUT2D eigenvalue weighted by Gasteiger charge is 2.26. The van der Waals surface area contributed by atoms with Crippen LogP contribution in [-0.2, 0) is 9.53 Å². The van der Waals surface area contributed by atoms with Crippen molar-refractivity contribution in [2.45, 2.75) is 51.7 Å². The molecule has 0 bridgehead atoms. The van der Waals surface area contributed by atoms with E-state index in [4.69, 9.17) is 16.3 Å². The zero-order chi connectivity index (χ0) is 16.1. The molecule has 1 aliphatic carbocycles. The van der Waals surface area contributed by atoms with Crippen molar-refractivity contribution < 1.29 is 14.3 Å². The molecule has 1 aromatic carbocycles. The number of carbonyl (C=O) groups excluding carboxylic acids is 2. The van der Waals surface area contributed by atoms with Crippen LogP contribution in [0.4, 0.5) is 0 Å². The maximum absolute atomic E-state index is 12.2. The Morgan fingerprint density at radius 3 is 2.50 bits per heavy atom. The Bertz CT molecular complexity index is 529. The number of hydrogen-bond donors (Lipinski definition) is 1. The van der Waals surface area contributed by atoms with Gasteiger partial charge >= 0.3 is 5.97 Å². The first-order valence-corrected chi connectivity index (χ1v) is 8.12. The van der Waals surface area contributed by atoms with Crippen LogP contribution < -0.4 is 5.32 Å². The van der Waals surface area contributed by atoms with Gasteiger partial charge in [-0.05, 0) is 49.9 Å². The van der Waals surface area contributed by atoms with Crippen LogP contribution in [0.2, 0.25) is 5.02 Å². The van der Waals surface area contributed by atoms with Gasteiger partial charge in [-0.3, -0.25) is 4.79 Å². The maximum atomic E-state index is 12.2. The fourth-order valence-electron chi connectivity index (χ4n) is 2.70. The van der Waals surface area contributed by atoms with Gasteiger partial charge in [0.2, 0.25) is 0 Å². The summed E-state index contributed by atoms with van der Waals surface area (Å²) in [6.07, 6.45) is 3.66. The van der Waals surface area contributed by atoms with Crippen molar-refractivity contribution in [1.29, 1.82) is 0 Å². The van der Waals surface area contributed by atoms with Crippen LogP contribution in [-0.4, -0.2) is 24.0 Å². The van der Waals surface area contributed by atoms with Crippen LogP contribution in [0.3, 0.4) is 0 Å². The lowest BCUT2D eigenvalue weighted by Crippen LogP contribution is -2.45. The lowest BCUT2D eigenvalue weighted by Gasteiger charge is -2.30. The van der Waals surface area contributed by atoms with Crippen molar-refractivity contribution in [1.82, 2.24) is 5.32 Å². The molecular formula is C17H22ClNO3. The summed E-state index contributed by atoms with van der Waals surface area (Å²) in [6, 6.07) is 6.58. The van der Waals surface area contributed by atoms with Gasteiger partial charge in [-0.1, -0.05) is 31.4 Å². The van der Waals surface area contributed by atoms with Crippen LogP contribution in [0, 0.1) is 5.92 Å². The fourth-order valence-corrected chi connectivity index (χ4v) is 2.82. The van der Waals surface area contributed by atoms with E-state index in [9.17, 15) is 9.59 Å². The number of rotatable bonds is 4. The van der Waals surface area contributed by atoms with E-state index in [1.54, 1.807) is 31.2 Å². The third kappa shape index (κ3) is 4.47. The zero-order valence-corrected chi connectivity index (χ0v) is 13.7. The van der Waals surface area contributed by atoms with Crippen molar-refractivity contribution in [3.05, 3.63) is 34.9 Å². The standard InChI is InChI=1S/C17H22ClNO3/c1-11-5-3-4-6-15(11)19-16(20)12(2)22-17(21)13-7-9-14(18)10-8-13/h7-12,15H,3-6H2,1-2H3,(H,19,20). The Morgan fingerprint density at radius 2 is 1.86 bits per heavy atom. The second-order valence-corrected chi connectivity index (χ2v) is 6.37. The Hall–Kier alpha value is -1.55. The van der Waals surface area contributed by atoms with Gasteiger partial charge in [0.15, 0.2) is 6.10 Å². The molecule has 4 nitrogen and oxygen atoms in total. The molecule has 0 saturated heterocycles. The molecule has 1 aliphatic rings. The summed E-state index contributed by atoms with van der Waals surface area (Å²) < 4.78 is 5.22. The van der Waals surface area contributed by atoms with E-state index in [1.807, 2.05) is 0 Å². The topological polar surface area (TPSA) is 55.4 Å². The van der Waals surface area contributed by atoms with E-state index in [0.29, 0.717) is 16.5 Å². The summed E-state index contributed by atoms with van der Waals surface area (Å²) in [4.78, 5) is 24.2. The molecule has 2 rings (SSSR count). The van der Waals surface area contributed by atoms with Crippen molar-refractivity contribution in [3.8, 4) is 0 Å². The van der Waals surface area contributed by atoms with Gasteiger partial charge in [-0.25, -0.2) is 4.79 Å². The minimum Gasteiger partial charge on any atom is -0.449 e. The number of hydrogen-bond acceptors (Lipinski definition) is 3. The first-order valence-electron chi connectivity index (χ1n) is 7.74. The van der Waals surface area contributed by atoms with Crippen molar-refractivity contribution in [2.24, 2.45) is 5.92 Å². The molecule has 1 fully saturated rings. The Morgan fingerprint density at radius 1 is 1.23 bits per heavy atom.